The first-order chi connectivity index (χ1) is 3.62. The van der Waals surface area contributed by atoms with Crippen LogP contribution in [0, 0.1) is 0 Å². The van der Waals surface area contributed by atoms with E-state index in [0.717, 1.165) is 6.54 Å². The van der Waals surface area contributed by atoms with E-state index in [0.29, 0.717) is 0 Å². The second-order valence-corrected chi connectivity index (χ2v) is 6.55. The number of thiol groups is 1. The Balaban J connectivity index is 3.88. The minimum atomic E-state index is -0.798. The molecule has 0 N–H and O–H groups in total. The van der Waals surface area contributed by atoms with Crippen molar-refractivity contribution in [1.29, 1.82) is 0 Å². The maximum absolute atomic E-state index is 4.49. The minimum absolute atomic E-state index is 0.798. The highest BCUT2D eigenvalue weighted by Crippen LogP contribution is 1.97. The first-order valence-corrected chi connectivity index (χ1v) is 5.96. The molecule has 0 aromatic rings. The van der Waals surface area contributed by atoms with E-state index in [2.05, 4.69) is 30.7 Å². The lowest BCUT2D eigenvalue weighted by Gasteiger charge is -2.14. The molecule has 52 valence electrons. The smallest absolute Gasteiger partial charge is 0.0409 e. The quantitative estimate of drug-likeness (QED) is 0.549. The van der Waals surface area contributed by atoms with Crippen molar-refractivity contribution in [2.45, 2.75) is 13.8 Å². The SMILES string of the molecule is CCN=[SH](C)(C)CC. The van der Waals surface area contributed by atoms with Gasteiger partial charge in [0.25, 0.3) is 0 Å². The zero-order valence-electron chi connectivity index (χ0n) is 6.31. The Morgan fingerprint density at radius 3 is 1.88 bits per heavy atom. The van der Waals surface area contributed by atoms with Crippen LogP contribution in [0.4, 0.5) is 0 Å². The second-order valence-electron chi connectivity index (χ2n) is 2.39. The summed E-state index contributed by atoms with van der Waals surface area (Å²) in [6.07, 6.45) is 4.55. The van der Waals surface area contributed by atoms with Gasteiger partial charge >= 0.3 is 0 Å². The molecule has 0 saturated carbocycles. The van der Waals surface area contributed by atoms with Crippen LogP contribution in [0.2, 0.25) is 0 Å². The molecule has 0 aromatic carbocycles. The fourth-order valence-electron chi connectivity index (χ4n) is 0.483. The van der Waals surface area contributed by atoms with Gasteiger partial charge in [0.15, 0.2) is 0 Å². The third kappa shape index (κ3) is 3.19. The van der Waals surface area contributed by atoms with Crippen LogP contribution in [-0.2, 0) is 9.82 Å². The molecule has 0 aliphatic rings. The predicted molar refractivity (Wildman–Crippen MR) is 44.1 cm³/mol. The van der Waals surface area contributed by atoms with Crippen LogP contribution in [-0.4, -0.2) is 24.8 Å². The maximum Gasteiger partial charge on any atom is 0.0409 e. The van der Waals surface area contributed by atoms with Crippen LogP contribution >= 0.6 is 0 Å². The van der Waals surface area contributed by atoms with Crippen molar-refractivity contribution in [3.63, 3.8) is 0 Å². The molecule has 8 heavy (non-hydrogen) atoms. The van der Waals surface area contributed by atoms with E-state index in [1.165, 1.54) is 5.75 Å². The summed E-state index contributed by atoms with van der Waals surface area (Å²) in [6, 6.07) is 0. The van der Waals surface area contributed by atoms with Gasteiger partial charge in [-0.25, -0.2) is 9.82 Å². The van der Waals surface area contributed by atoms with Crippen LogP contribution in [0.5, 0.6) is 0 Å². The van der Waals surface area contributed by atoms with Gasteiger partial charge in [0.2, 0.25) is 0 Å². The lowest BCUT2D eigenvalue weighted by Crippen LogP contribution is -2.08. The summed E-state index contributed by atoms with van der Waals surface area (Å²) < 4.78 is 4.49. The fourth-order valence-corrected chi connectivity index (χ4v) is 1.45. The van der Waals surface area contributed by atoms with Crippen LogP contribution in [0.25, 0.3) is 0 Å². The van der Waals surface area contributed by atoms with Gasteiger partial charge in [0.1, 0.15) is 0 Å². The zero-order valence-corrected chi connectivity index (χ0v) is 7.20. The molecular formula is C6H17NS. The maximum atomic E-state index is 4.49. The molecule has 0 atom stereocenters. The van der Waals surface area contributed by atoms with Crippen molar-refractivity contribution in [3.05, 3.63) is 0 Å². The van der Waals surface area contributed by atoms with E-state index < -0.39 is 9.82 Å². The lowest BCUT2D eigenvalue weighted by molar-refractivity contribution is 1.15. The molecule has 0 bridgehead atoms. The summed E-state index contributed by atoms with van der Waals surface area (Å²) in [4.78, 5) is 0. The molecule has 0 aliphatic heterocycles. The van der Waals surface area contributed by atoms with Crippen molar-refractivity contribution in [2.24, 2.45) is 4.36 Å². The van der Waals surface area contributed by atoms with Gasteiger partial charge in [0, 0.05) is 6.54 Å². The Labute approximate surface area is 53.6 Å². The van der Waals surface area contributed by atoms with Crippen LogP contribution < -0.4 is 0 Å². The molecule has 2 heteroatoms. The van der Waals surface area contributed by atoms with Gasteiger partial charge in [-0.05, 0) is 25.2 Å². The summed E-state index contributed by atoms with van der Waals surface area (Å²) >= 11 is 0. The Bertz CT molecular complexity index is 101. The summed E-state index contributed by atoms with van der Waals surface area (Å²) in [7, 11) is -0.798. The largest absolute Gasteiger partial charge is 0.286 e. The van der Waals surface area contributed by atoms with Gasteiger partial charge in [-0.1, -0.05) is 6.92 Å². The Kier molecular flexibility index (Phi) is 3.29. The first kappa shape index (κ1) is 8.15. The fraction of sp³-hybridized carbons (Fsp3) is 1.00. The molecule has 0 radical (unpaired) electrons. The molecule has 0 spiro atoms. The van der Waals surface area contributed by atoms with Gasteiger partial charge in [-0.2, -0.15) is 0 Å². The van der Waals surface area contributed by atoms with Crippen molar-refractivity contribution in [2.75, 3.05) is 24.8 Å². The molecule has 0 heterocycles. The summed E-state index contributed by atoms with van der Waals surface area (Å²) in [5.74, 6) is 1.25. The third-order valence-electron chi connectivity index (χ3n) is 1.30. The Hall–Kier alpha value is 0.150. The number of hydrogen-bond acceptors (Lipinski definition) is 1. The zero-order chi connectivity index (χ0) is 6.62. The molecule has 0 unspecified atom stereocenters. The molecule has 0 aliphatic carbocycles. The Morgan fingerprint density at radius 2 is 1.75 bits per heavy atom. The van der Waals surface area contributed by atoms with E-state index in [9.17, 15) is 0 Å². The molecular weight excluding hydrogens is 118 g/mol. The van der Waals surface area contributed by atoms with Gasteiger partial charge in [-0.3, -0.25) is 4.36 Å². The average molecular weight is 135 g/mol. The lowest BCUT2D eigenvalue weighted by atomic mass is 10.8. The normalized spacial score (nSPS) is 13.5. The van der Waals surface area contributed by atoms with Crippen LogP contribution in [0.3, 0.4) is 0 Å². The van der Waals surface area contributed by atoms with Crippen molar-refractivity contribution in [3.8, 4) is 0 Å². The van der Waals surface area contributed by atoms with Crippen molar-refractivity contribution < 1.29 is 0 Å². The summed E-state index contributed by atoms with van der Waals surface area (Å²) in [6.45, 7) is 5.32. The average Bonchev–Trinajstić information content (AvgIpc) is 1.67. The molecule has 0 fully saturated rings. The predicted octanol–water partition coefficient (Wildman–Crippen LogP) is 1.36. The molecule has 0 amide bonds. The van der Waals surface area contributed by atoms with Gasteiger partial charge in [0.05, 0.1) is 0 Å². The Morgan fingerprint density at radius 1 is 1.25 bits per heavy atom. The van der Waals surface area contributed by atoms with E-state index >= 15 is 0 Å². The van der Waals surface area contributed by atoms with Gasteiger partial charge in [-0.15, -0.1) is 0 Å². The van der Waals surface area contributed by atoms with E-state index in [1.807, 2.05) is 0 Å². The summed E-state index contributed by atoms with van der Waals surface area (Å²) in [5, 5.41) is 0. The monoisotopic (exact) mass is 135 g/mol. The van der Waals surface area contributed by atoms with E-state index in [1.54, 1.807) is 0 Å². The standard InChI is InChI=1S/C6H17NS/c1-5-7-8(3,4)6-2/h8H,5-6H2,1-4H3. The van der Waals surface area contributed by atoms with E-state index in [4.69, 9.17) is 0 Å². The third-order valence-corrected chi connectivity index (χ3v) is 3.89. The van der Waals surface area contributed by atoms with Crippen LogP contribution in [0.15, 0.2) is 4.36 Å². The topological polar surface area (TPSA) is 12.4 Å². The van der Waals surface area contributed by atoms with Crippen molar-refractivity contribution in [1.82, 2.24) is 0 Å². The highest BCUT2D eigenvalue weighted by molar-refractivity contribution is 8.03. The number of nitrogens with zero attached hydrogens (tertiary/aromatic N) is 1. The second kappa shape index (κ2) is 3.23. The minimum Gasteiger partial charge on any atom is -0.286 e. The highest BCUT2D eigenvalue weighted by Gasteiger charge is 1.90. The van der Waals surface area contributed by atoms with Gasteiger partial charge < -0.3 is 0 Å². The summed E-state index contributed by atoms with van der Waals surface area (Å²) in [5.41, 5.74) is 0. The number of rotatable bonds is 2. The van der Waals surface area contributed by atoms with Crippen molar-refractivity contribution >= 4 is 9.82 Å². The number of hydrogen-bond donors (Lipinski definition) is 1. The molecule has 0 aromatic heterocycles. The molecule has 1 nitrogen and oxygen atoms in total. The first-order valence-electron chi connectivity index (χ1n) is 3.14. The van der Waals surface area contributed by atoms with E-state index in [-0.39, 0.29) is 0 Å². The molecule has 0 saturated heterocycles. The molecule has 0 rings (SSSR count). The highest BCUT2D eigenvalue weighted by atomic mass is 32.2. The van der Waals surface area contributed by atoms with Crippen LogP contribution in [0.1, 0.15) is 13.8 Å².